The average Bonchev–Trinajstić information content (AvgIpc) is 3.32. The van der Waals surface area contributed by atoms with Crippen LogP contribution in [0.1, 0.15) is 107 Å². The number of benzene rings is 2. The van der Waals surface area contributed by atoms with Gasteiger partial charge in [0.1, 0.15) is 0 Å². The zero-order valence-electron chi connectivity index (χ0n) is 25.6. The summed E-state index contributed by atoms with van der Waals surface area (Å²) in [6.07, 6.45) is 3.74. The van der Waals surface area contributed by atoms with Crippen molar-refractivity contribution in [1.82, 2.24) is 9.62 Å². The highest BCUT2D eigenvalue weighted by atomic mass is 32.2. The summed E-state index contributed by atoms with van der Waals surface area (Å²) in [6.45, 7) is 14.0. The summed E-state index contributed by atoms with van der Waals surface area (Å²) < 4.78 is 30.0. The molecule has 1 heterocycles. The van der Waals surface area contributed by atoms with Crippen LogP contribution in [0, 0.1) is 23.7 Å². The largest absolute Gasteiger partial charge is 0.375 e. The SMILES string of the molecule is CC(C)c1cc(C(C)C)c(S(=O)(=O)N2CC3C(CNC(=O)C(O)(c4ccccc4)C4CCCC4)C3C2)c(C(C)C)c1. The van der Waals surface area contributed by atoms with Crippen molar-refractivity contribution in [3.63, 3.8) is 0 Å². The van der Waals surface area contributed by atoms with Crippen LogP contribution in [0.2, 0.25) is 0 Å². The highest BCUT2D eigenvalue weighted by molar-refractivity contribution is 7.89. The van der Waals surface area contributed by atoms with Gasteiger partial charge in [-0.1, -0.05) is 96.8 Å². The van der Waals surface area contributed by atoms with E-state index >= 15 is 0 Å². The molecule has 2 aromatic rings. The van der Waals surface area contributed by atoms with Gasteiger partial charge in [-0.3, -0.25) is 4.79 Å². The van der Waals surface area contributed by atoms with Crippen molar-refractivity contribution >= 4 is 15.9 Å². The van der Waals surface area contributed by atoms with Crippen LogP contribution in [-0.4, -0.2) is 43.4 Å². The van der Waals surface area contributed by atoms with Crippen molar-refractivity contribution in [1.29, 1.82) is 0 Å². The number of sulfonamides is 1. The van der Waals surface area contributed by atoms with E-state index in [2.05, 4.69) is 59.0 Å². The van der Waals surface area contributed by atoms with Gasteiger partial charge >= 0.3 is 0 Å². The predicted octanol–water partition coefficient (Wildman–Crippen LogP) is 6.12. The molecule has 1 amide bonds. The molecular weight excluding hydrogens is 532 g/mol. The fourth-order valence-electron chi connectivity index (χ4n) is 7.36. The van der Waals surface area contributed by atoms with E-state index in [1.807, 2.05) is 30.3 Å². The zero-order valence-corrected chi connectivity index (χ0v) is 26.4. The maximum Gasteiger partial charge on any atom is 0.256 e. The van der Waals surface area contributed by atoms with Crippen molar-refractivity contribution in [3.05, 3.63) is 64.7 Å². The maximum absolute atomic E-state index is 14.2. The Morgan fingerprint density at radius 3 is 1.95 bits per heavy atom. The lowest BCUT2D eigenvalue weighted by molar-refractivity contribution is -0.147. The van der Waals surface area contributed by atoms with Gasteiger partial charge in [-0.05, 0) is 70.6 Å². The molecule has 0 aromatic heterocycles. The molecule has 0 spiro atoms. The molecule has 7 heteroatoms. The van der Waals surface area contributed by atoms with Crippen molar-refractivity contribution in [2.75, 3.05) is 19.6 Å². The molecule has 3 unspecified atom stereocenters. The smallest absolute Gasteiger partial charge is 0.256 e. The van der Waals surface area contributed by atoms with Crippen molar-refractivity contribution in [2.45, 2.75) is 95.5 Å². The first kappa shape index (κ1) is 30.2. The zero-order chi connectivity index (χ0) is 29.7. The lowest BCUT2D eigenvalue weighted by Gasteiger charge is -2.33. The van der Waals surface area contributed by atoms with Crippen molar-refractivity contribution in [2.24, 2.45) is 23.7 Å². The van der Waals surface area contributed by atoms with E-state index in [-0.39, 0.29) is 41.4 Å². The Balaban J connectivity index is 1.29. The molecule has 5 rings (SSSR count). The van der Waals surface area contributed by atoms with E-state index in [1.54, 1.807) is 4.31 Å². The second-order valence-corrected chi connectivity index (χ2v) is 15.5. The van der Waals surface area contributed by atoms with Crippen LogP contribution in [0.25, 0.3) is 0 Å². The maximum atomic E-state index is 14.2. The molecule has 3 atom stereocenters. The third kappa shape index (κ3) is 5.50. The number of nitrogens with one attached hydrogen (secondary N) is 1. The van der Waals surface area contributed by atoms with Gasteiger partial charge in [0.2, 0.25) is 10.0 Å². The Hall–Kier alpha value is -2.22. The van der Waals surface area contributed by atoms with Gasteiger partial charge in [0.25, 0.3) is 5.91 Å². The highest BCUT2D eigenvalue weighted by Crippen LogP contribution is 2.53. The van der Waals surface area contributed by atoms with Crippen LogP contribution in [-0.2, 0) is 20.4 Å². The minimum atomic E-state index is -3.65. The minimum Gasteiger partial charge on any atom is -0.375 e. The first-order chi connectivity index (χ1) is 19.4. The van der Waals surface area contributed by atoms with Gasteiger partial charge in [-0.25, -0.2) is 8.42 Å². The topological polar surface area (TPSA) is 86.7 Å². The number of rotatable bonds is 10. The van der Waals surface area contributed by atoms with Crippen molar-refractivity contribution < 1.29 is 18.3 Å². The molecule has 0 bridgehead atoms. The Labute approximate surface area is 247 Å². The van der Waals surface area contributed by atoms with Gasteiger partial charge in [-0.15, -0.1) is 0 Å². The second kappa shape index (κ2) is 11.5. The van der Waals surface area contributed by atoms with Crippen LogP contribution >= 0.6 is 0 Å². The molecule has 3 aliphatic rings. The number of amides is 1. The number of hydrogen-bond acceptors (Lipinski definition) is 4. The number of piperidine rings is 1. The molecule has 41 heavy (non-hydrogen) atoms. The number of aliphatic hydroxyl groups is 1. The molecule has 2 N–H and O–H groups in total. The highest BCUT2D eigenvalue weighted by Gasteiger charge is 2.58. The van der Waals surface area contributed by atoms with Gasteiger partial charge in [-0.2, -0.15) is 4.31 Å². The Morgan fingerprint density at radius 1 is 0.927 bits per heavy atom. The molecular formula is C34H48N2O4S. The quantitative estimate of drug-likeness (QED) is 0.355. The molecule has 2 aliphatic carbocycles. The van der Waals surface area contributed by atoms with E-state index in [0.717, 1.165) is 36.8 Å². The van der Waals surface area contributed by atoms with Gasteiger partial charge < -0.3 is 10.4 Å². The summed E-state index contributed by atoms with van der Waals surface area (Å²) in [6, 6.07) is 13.5. The monoisotopic (exact) mass is 580 g/mol. The number of carbonyl (C=O) groups is 1. The molecule has 2 saturated carbocycles. The molecule has 0 radical (unpaired) electrons. The standard InChI is InChI=1S/C34H48N2O4S/c1-21(2)24-16-27(22(3)4)32(28(17-24)23(5)6)41(39,40)36-19-30-29(31(30)20-36)18-35-33(37)34(38,26-14-10-11-15-26)25-12-8-7-9-13-25/h7-9,12-13,16-17,21-23,26,29-31,38H,10-11,14-15,18-20H2,1-6H3,(H,35,37). The summed E-state index contributed by atoms with van der Waals surface area (Å²) in [5.74, 6) is 0.827. The van der Waals surface area contributed by atoms with Crippen LogP contribution in [0.5, 0.6) is 0 Å². The third-order valence-corrected chi connectivity index (χ3v) is 12.0. The van der Waals surface area contributed by atoms with Crippen LogP contribution in [0.4, 0.5) is 0 Å². The molecule has 1 aliphatic heterocycles. The van der Waals surface area contributed by atoms with Gasteiger partial charge in [0.15, 0.2) is 5.60 Å². The van der Waals surface area contributed by atoms with Crippen LogP contribution in [0.3, 0.4) is 0 Å². The fourth-order valence-corrected chi connectivity index (χ4v) is 9.54. The summed E-state index contributed by atoms with van der Waals surface area (Å²) in [7, 11) is -3.65. The van der Waals surface area contributed by atoms with E-state index in [9.17, 15) is 18.3 Å². The Kier molecular flexibility index (Phi) is 8.45. The Morgan fingerprint density at radius 2 is 1.46 bits per heavy atom. The molecule has 6 nitrogen and oxygen atoms in total. The second-order valence-electron chi connectivity index (χ2n) is 13.6. The lowest BCUT2D eigenvalue weighted by Crippen LogP contribution is -2.49. The molecule has 3 fully saturated rings. The first-order valence-corrected chi connectivity index (χ1v) is 17.0. The predicted molar refractivity (Wildman–Crippen MR) is 163 cm³/mol. The van der Waals surface area contributed by atoms with E-state index in [4.69, 9.17) is 0 Å². The van der Waals surface area contributed by atoms with Gasteiger partial charge in [0, 0.05) is 25.6 Å². The number of carbonyl (C=O) groups excluding carboxylic acids is 1. The van der Waals surface area contributed by atoms with E-state index in [0.29, 0.717) is 36.0 Å². The molecule has 2 aromatic carbocycles. The fraction of sp³-hybridized carbons (Fsp3) is 0.618. The average molecular weight is 581 g/mol. The summed E-state index contributed by atoms with van der Waals surface area (Å²) in [5.41, 5.74) is 2.14. The number of fused-ring (bicyclic) bond motifs is 1. The van der Waals surface area contributed by atoms with Crippen LogP contribution in [0.15, 0.2) is 47.4 Å². The first-order valence-electron chi connectivity index (χ1n) is 15.6. The molecule has 224 valence electrons. The number of nitrogens with zero attached hydrogens (tertiary/aromatic N) is 1. The summed E-state index contributed by atoms with van der Waals surface area (Å²) in [5, 5.41) is 14.8. The summed E-state index contributed by atoms with van der Waals surface area (Å²) in [4.78, 5) is 14.0. The van der Waals surface area contributed by atoms with Gasteiger partial charge in [0.05, 0.1) is 4.90 Å². The van der Waals surface area contributed by atoms with Crippen molar-refractivity contribution in [3.8, 4) is 0 Å². The molecule has 1 saturated heterocycles. The third-order valence-electron chi connectivity index (χ3n) is 10.0. The normalized spacial score (nSPS) is 24.7. The van der Waals surface area contributed by atoms with E-state index in [1.165, 1.54) is 5.56 Å². The Bertz CT molecular complexity index is 1320. The number of hydrogen-bond donors (Lipinski definition) is 2. The summed E-state index contributed by atoms with van der Waals surface area (Å²) >= 11 is 0. The lowest BCUT2D eigenvalue weighted by atomic mass is 9.79. The van der Waals surface area contributed by atoms with Crippen LogP contribution < -0.4 is 5.32 Å². The van der Waals surface area contributed by atoms with E-state index < -0.39 is 15.6 Å². The minimum absolute atomic E-state index is 0.0865.